The minimum atomic E-state index is -0.394. The van der Waals surface area contributed by atoms with Crippen molar-refractivity contribution in [3.05, 3.63) is 71.5 Å². The largest absolute Gasteiger partial charge is 1.00 e. The number of nitrogens with zero attached hydrogens (tertiary/aromatic N) is 3. The van der Waals surface area contributed by atoms with Crippen LogP contribution in [0.3, 0.4) is 0 Å². The summed E-state index contributed by atoms with van der Waals surface area (Å²) in [5, 5.41) is 14.8. The average molecular weight is 502 g/mol. The van der Waals surface area contributed by atoms with E-state index in [0.29, 0.717) is 22.2 Å². The number of aryl methyl sites for hydroxylation is 1. The first-order valence-electron chi connectivity index (χ1n) is 8.87. The van der Waals surface area contributed by atoms with Gasteiger partial charge in [-0.15, -0.1) is 0 Å². The van der Waals surface area contributed by atoms with Gasteiger partial charge in [-0.25, -0.2) is 4.57 Å². The molecule has 0 unspecified atom stereocenters. The molecule has 2 amide bonds. The molecule has 2 N–H and O–H groups in total. The Hall–Kier alpha value is -2.85. The van der Waals surface area contributed by atoms with Crippen LogP contribution < -0.4 is 34.0 Å². The van der Waals surface area contributed by atoms with Gasteiger partial charge in [-0.05, 0) is 18.2 Å². The molecule has 1 aliphatic rings. The lowest BCUT2D eigenvalue weighted by Crippen LogP contribution is -3.00. The fraction of sp³-hybridized carbons (Fsp3) is 0.143. The highest BCUT2D eigenvalue weighted by molar-refractivity contribution is 6.26. The molecule has 4 rings (SSSR count). The minimum absolute atomic E-state index is 0. The molecule has 0 atom stereocenters. The van der Waals surface area contributed by atoms with Crippen LogP contribution in [0.25, 0.3) is 10.8 Å². The van der Waals surface area contributed by atoms with E-state index in [2.05, 4.69) is 10.5 Å². The molecule has 0 aliphatic carbocycles. The molecule has 0 saturated heterocycles. The number of benzene rings is 2. The summed E-state index contributed by atoms with van der Waals surface area (Å²) >= 11 is 0. The van der Waals surface area contributed by atoms with Gasteiger partial charge in [0, 0.05) is 39.6 Å². The molecule has 2 aromatic carbocycles. The van der Waals surface area contributed by atoms with Crippen molar-refractivity contribution in [2.75, 3.05) is 18.6 Å². The highest BCUT2D eigenvalue weighted by Crippen LogP contribution is 2.34. The van der Waals surface area contributed by atoms with Crippen LogP contribution in [0.2, 0.25) is 0 Å². The summed E-state index contributed by atoms with van der Waals surface area (Å²) in [6.07, 6.45) is 5.56. The Kier molecular flexibility index (Phi) is 6.23. The number of aliphatic hydroxyl groups is 1. The molecule has 29 heavy (non-hydrogen) atoms. The number of aliphatic hydroxyl groups excluding tert-OH is 1. The molecule has 0 saturated carbocycles. The average Bonchev–Trinajstić information content (AvgIpc) is 2.71. The van der Waals surface area contributed by atoms with Crippen LogP contribution in [0, 0.1) is 0 Å². The number of hydrogen-bond donors (Lipinski definition) is 2. The molecule has 1 aromatic heterocycles. The van der Waals surface area contributed by atoms with Gasteiger partial charge in [-0.3, -0.25) is 19.9 Å². The number of rotatable bonds is 5. The monoisotopic (exact) mass is 502 g/mol. The predicted molar refractivity (Wildman–Crippen MR) is 105 cm³/mol. The molecule has 1 aliphatic heterocycles. The van der Waals surface area contributed by atoms with Gasteiger partial charge < -0.3 is 29.1 Å². The normalized spacial score (nSPS) is 13.1. The smallest absolute Gasteiger partial charge is 0.261 e. The summed E-state index contributed by atoms with van der Waals surface area (Å²) < 4.78 is 1.94. The zero-order chi connectivity index (χ0) is 19.7. The van der Waals surface area contributed by atoms with Crippen molar-refractivity contribution >= 4 is 34.5 Å². The fourth-order valence-electron chi connectivity index (χ4n) is 3.32. The second-order valence-electron chi connectivity index (χ2n) is 6.54. The van der Waals surface area contributed by atoms with E-state index in [9.17, 15) is 14.7 Å². The van der Waals surface area contributed by atoms with Gasteiger partial charge >= 0.3 is 0 Å². The van der Waals surface area contributed by atoms with E-state index in [1.54, 1.807) is 30.5 Å². The van der Waals surface area contributed by atoms with Crippen LogP contribution in [-0.2, 0) is 7.05 Å². The number of anilines is 1. The third-order valence-electron chi connectivity index (χ3n) is 4.72. The Morgan fingerprint density at radius 2 is 1.76 bits per heavy atom. The minimum Gasteiger partial charge on any atom is -1.00 e. The number of carbonyl (C=O) groups is 2. The summed E-state index contributed by atoms with van der Waals surface area (Å²) in [5.74, 6) is -0.787. The van der Waals surface area contributed by atoms with Crippen molar-refractivity contribution in [2.24, 2.45) is 12.1 Å². The molecule has 0 bridgehead atoms. The number of nitrogens with one attached hydrogen (secondary N) is 1. The number of amides is 2. The first kappa shape index (κ1) is 20.9. The Balaban J connectivity index is 0.00000240. The lowest BCUT2D eigenvalue weighted by molar-refractivity contribution is -0.671. The second-order valence-corrected chi connectivity index (χ2v) is 6.54. The summed E-state index contributed by atoms with van der Waals surface area (Å²) in [6.45, 7) is -0.290. The molecule has 0 fully saturated rings. The number of hydrogen-bond acceptors (Lipinski definition) is 5. The number of carbonyl (C=O) groups excluding carboxylic acids is 2. The molecular formula is C21H19IN4O3. The van der Waals surface area contributed by atoms with Crippen molar-refractivity contribution in [1.29, 1.82) is 0 Å². The summed E-state index contributed by atoms with van der Waals surface area (Å²) in [6, 6.07) is 12.7. The summed E-state index contributed by atoms with van der Waals surface area (Å²) in [4.78, 5) is 26.4. The number of pyridine rings is 1. The predicted octanol–water partition coefficient (Wildman–Crippen LogP) is -1.30. The highest BCUT2D eigenvalue weighted by Gasteiger charge is 2.32. The van der Waals surface area contributed by atoms with Crippen molar-refractivity contribution in [2.45, 2.75) is 0 Å². The number of imide groups is 1. The van der Waals surface area contributed by atoms with Crippen molar-refractivity contribution in [3.63, 3.8) is 0 Å². The zero-order valence-corrected chi connectivity index (χ0v) is 17.8. The van der Waals surface area contributed by atoms with Crippen LogP contribution in [-0.4, -0.2) is 41.2 Å². The van der Waals surface area contributed by atoms with Crippen LogP contribution in [0.15, 0.2) is 60.0 Å². The third-order valence-corrected chi connectivity index (χ3v) is 4.72. The maximum absolute atomic E-state index is 12.7. The van der Waals surface area contributed by atoms with Gasteiger partial charge in [-0.1, -0.05) is 12.1 Å². The van der Waals surface area contributed by atoms with Crippen LogP contribution >= 0.6 is 0 Å². The highest BCUT2D eigenvalue weighted by atomic mass is 127. The standard InChI is InChI=1S/C21H18N4O3.HI/c1-24-9-7-14(8-10-24)13-22-23-18-6-5-17-19-15(18)3-2-4-16(19)20(27)25(11-12-26)21(17)28;/h2-10,13,26H,11-12H2,1H3;1H. The molecular weight excluding hydrogens is 483 g/mol. The number of halogens is 1. The molecule has 0 spiro atoms. The van der Waals surface area contributed by atoms with Gasteiger partial charge in [0.2, 0.25) is 0 Å². The molecule has 148 valence electrons. The SMILES string of the molecule is C[n+]1ccc(/C=N/Nc2ccc3c4c(cccc24)C(=O)N(CCO)C3=O)cc1.[I-]. The van der Waals surface area contributed by atoms with Gasteiger partial charge in [-0.2, -0.15) is 5.10 Å². The van der Waals surface area contributed by atoms with E-state index < -0.39 is 11.8 Å². The van der Waals surface area contributed by atoms with E-state index in [-0.39, 0.29) is 37.1 Å². The number of hydrazone groups is 1. The van der Waals surface area contributed by atoms with E-state index in [1.807, 2.05) is 42.2 Å². The second kappa shape index (κ2) is 8.66. The topological polar surface area (TPSA) is 85.9 Å². The van der Waals surface area contributed by atoms with Gasteiger partial charge in [0.25, 0.3) is 11.8 Å². The number of aromatic nitrogens is 1. The van der Waals surface area contributed by atoms with Crippen molar-refractivity contribution in [1.82, 2.24) is 4.90 Å². The molecule has 0 radical (unpaired) electrons. The van der Waals surface area contributed by atoms with Crippen molar-refractivity contribution < 1.29 is 43.2 Å². The first-order chi connectivity index (χ1) is 13.6. The Morgan fingerprint density at radius 1 is 1.07 bits per heavy atom. The van der Waals surface area contributed by atoms with Gasteiger partial charge in [0.15, 0.2) is 12.4 Å². The maximum Gasteiger partial charge on any atom is 0.261 e. The Morgan fingerprint density at radius 3 is 2.45 bits per heavy atom. The van der Waals surface area contributed by atoms with Gasteiger partial charge in [0.05, 0.1) is 25.1 Å². The number of β-amino-alcohol motifs (C(OH)–C–C–N with tert-alkyl or cyclic N) is 1. The fourth-order valence-corrected chi connectivity index (χ4v) is 3.32. The summed E-state index contributed by atoms with van der Waals surface area (Å²) in [7, 11) is 1.94. The summed E-state index contributed by atoms with van der Waals surface area (Å²) in [5.41, 5.74) is 5.55. The van der Waals surface area contributed by atoms with E-state index in [4.69, 9.17) is 0 Å². The van der Waals surface area contributed by atoms with Crippen LogP contribution in [0.1, 0.15) is 26.3 Å². The molecule has 3 aromatic rings. The van der Waals surface area contributed by atoms with Gasteiger partial charge in [0.1, 0.15) is 7.05 Å². The zero-order valence-electron chi connectivity index (χ0n) is 15.7. The first-order valence-corrected chi connectivity index (χ1v) is 8.87. The lowest BCUT2D eigenvalue weighted by Gasteiger charge is -2.27. The molecule has 8 heteroatoms. The quantitative estimate of drug-likeness (QED) is 0.150. The van der Waals surface area contributed by atoms with Crippen LogP contribution in [0.5, 0.6) is 0 Å². The van der Waals surface area contributed by atoms with E-state index in [1.165, 1.54) is 0 Å². The maximum atomic E-state index is 12.7. The Labute approximate surface area is 184 Å². The van der Waals surface area contributed by atoms with Crippen LogP contribution in [0.4, 0.5) is 5.69 Å². The van der Waals surface area contributed by atoms with Crippen molar-refractivity contribution in [3.8, 4) is 0 Å². The third kappa shape index (κ3) is 3.85. The lowest BCUT2D eigenvalue weighted by atomic mass is 9.93. The Bertz CT molecular complexity index is 1090. The molecule has 2 heterocycles. The van der Waals surface area contributed by atoms with E-state index in [0.717, 1.165) is 15.8 Å². The molecule has 7 nitrogen and oxygen atoms in total. The van der Waals surface area contributed by atoms with E-state index >= 15 is 0 Å².